The molecule has 2 saturated heterocycles. The first-order valence-electron chi connectivity index (χ1n) is 6.70. The highest BCUT2D eigenvalue weighted by molar-refractivity contribution is 5.25. The van der Waals surface area contributed by atoms with Crippen molar-refractivity contribution < 1.29 is 4.74 Å². The van der Waals surface area contributed by atoms with Gasteiger partial charge in [0.2, 0.25) is 0 Å². The van der Waals surface area contributed by atoms with Crippen molar-refractivity contribution in [2.24, 2.45) is 0 Å². The maximum absolute atomic E-state index is 9.26. The van der Waals surface area contributed by atoms with Crippen molar-refractivity contribution in [3.05, 3.63) is 35.9 Å². The fraction of sp³-hybridized carbons (Fsp3) is 0.533. The normalized spacial score (nSPS) is 31.2. The summed E-state index contributed by atoms with van der Waals surface area (Å²) in [6.45, 7) is 0.720. The lowest BCUT2D eigenvalue weighted by molar-refractivity contribution is 0.0974. The van der Waals surface area contributed by atoms with Crippen LogP contribution in [-0.2, 0) is 4.74 Å². The van der Waals surface area contributed by atoms with E-state index in [-0.39, 0.29) is 5.92 Å². The third-order valence-corrected chi connectivity index (χ3v) is 4.05. The van der Waals surface area contributed by atoms with Crippen molar-refractivity contribution in [1.82, 2.24) is 5.32 Å². The van der Waals surface area contributed by atoms with Gasteiger partial charge in [0, 0.05) is 12.6 Å². The zero-order valence-electron chi connectivity index (χ0n) is 10.4. The summed E-state index contributed by atoms with van der Waals surface area (Å²) >= 11 is 0. The lowest BCUT2D eigenvalue weighted by Crippen LogP contribution is -2.39. The topological polar surface area (TPSA) is 45.0 Å². The highest BCUT2D eigenvalue weighted by Crippen LogP contribution is 2.34. The van der Waals surface area contributed by atoms with Gasteiger partial charge in [0.1, 0.15) is 0 Å². The van der Waals surface area contributed by atoms with Crippen LogP contribution in [0, 0.1) is 11.3 Å². The van der Waals surface area contributed by atoms with Crippen molar-refractivity contribution in [2.75, 3.05) is 6.54 Å². The Morgan fingerprint density at radius 3 is 2.78 bits per heavy atom. The summed E-state index contributed by atoms with van der Waals surface area (Å²) < 4.78 is 5.81. The van der Waals surface area contributed by atoms with E-state index in [9.17, 15) is 5.26 Å². The average Bonchev–Trinajstić information content (AvgIpc) is 3.03. The Morgan fingerprint density at radius 1 is 1.33 bits per heavy atom. The van der Waals surface area contributed by atoms with Gasteiger partial charge < -0.3 is 10.1 Å². The van der Waals surface area contributed by atoms with Crippen molar-refractivity contribution in [3.63, 3.8) is 0 Å². The van der Waals surface area contributed by atoms with Crippen LogP contribution >= 0.6 is 0 Å². The predicted octanol–water partition coefficient (Wildman–Crippen LogP) is 2.20. The summed E-state index contributed by atoms with van der Waals surface area (Å²) in [7, 11) is 0. The number of hydrogen-bond donors (Lipinski definition) is 1. The SMILES string of the molecule is N#CC(CNC1CC2CCC1O2)c1ccccc1. The molecule has 0 aromatic heterocycles. The Labute approximate surface area is 108 Å². The first-order chi connectivity index (χ1) is 8.86. The zero-order valence-corrected chi connectivity index (χ0v) is 10.4. The van der Waals surface area contributed by atoms with Crippen molar-refractivity contribution in [2.45, 2.75) is 43.4 Å². The number of nitrogens with one attached hydrogen (secondary N) is 1. The molecule has 1 N–H and O–H groups in total. The largest absolute Gasteiger partial charge is 0.373 e. The number of ether oxygens (including phenoxy) is 1. The van der Waals surface area contributed by atoms with Gasteiger partial charge in [-0.05, 0) is 24.8 Å². The third-order valence-electron chi connectivity index (χ3n) is 4.05. The number of rotatable bonds is 4. The molecule has 3 rings (SSSR count). The maximum atomic E-state index is 9.26. The van der Waals surface area contributed by atoms with E-state index in [0.29, 0.717) is 18.2 Å². The van der Waals surface area contributed by atoms with E-state index in [4.69, 9.17) is 4.74 Å². The van der Waals surface area contributed by atoms with Crippen LogP contribution in [0.25, 0.3) is 0 Å². The summed E-state index contributed by atoms with van der Waals surface area (Å²) in [5.41, 5.74) is 1.09. The van der Waals surface area contributed by atoms with E-state index >= 15 is 0 Å². The first-order valence-corrected chi connectivity index (χ1v) is 6.70. The summed E-state index contributed by atoms with van der Waals surface area (Å²) in [5, 5.41) is 12.8. The molecule has 2 aliphatic rings. The van der Waals surface area contributed by atoms with Crippen LogP contribution in [0.4, 0.5) is 0 Å². The summed E-state index contributed by atoms with van der Waals surface area (Å²) in [6.07, 6.45) is 4.33. The fourth-order valence-electron chi connectivity index (χ4n) is 3.05. The van der Waals surface area contributed by atoms with Gasteiger partial charge in [-0.2, -0.15) is 5.26 Å². The number of benzene rings is 1. The minimum absolute atomic E-state index is 0.0645. The van der Waals surface area contributed by atoms with Gasteiger partial charge in [-0.25, -0.2) is 0 Å². The molecule has 1 aromatic rings. The van der Waals surface area contributed by atoms with Gasteiger partial charge >= 0.3 is 0 Å². The molecule has 2 fully saturated rings. The van der Waals surface area contributed by atoms with Gasteiger partial charge in [-0.15, -0.1) is 0 Å². The Balaban J connectivity index is 1.57. The average molecular weight is 242 g/mol. The molecule has 2 bridgehead atoms. The molecule has 2 aliphatic heterocycles. The van der Waals surface area contributed by atoms with Gasteiger partial charge in [-0.3, -0.25) is 0 Å². The van der Waals surface area contributed by atoms with E-state index in [1.807, 2.05) is 30.3 Å². The lowest BCUT2D eigenvalue weighted by Gasteiger charge is -2.21. The summed E-state index contributed by atoms with van der Waals surface area (Å²) in [4.78, 5) is 0. The Bertz CT molecular complexity index is 440. The second kappa shape index (κ2) is 5.09. The van der Waals surface area contributed by atoms with E-state index in [1.165, 1.54) is 12.8 Å². The van der Waals surface area contributed by atoms with E-state index in [0.717, 1.165) is 18.5 Å². The number of nitriles is 1. The number of nitrogens with zero attached hydrogens (tertiary/aromatic N) is 1. The predicted molar refractivity (Wildman–Crippen MR) is 69.1 cm³/mol. The molecule has 3 heteroatoms. The van der Waals surface area contributed by atoms with Crippen molar-refractivity contribution >= 4 is 0 Å². The molecule has 4 atom stereocenters. The van der Waals surface area contributed by atoms with E-state index in [1.54, 1.807) is 0 Å². The standard InChI is InChI=1S/C15H18N2O/c16-9-12(11-4-2-1-3-5-11)10-17-14-8-13-6-7-15(14)18-13/h1-5,12-15,17H,6-8,10H2. The molecule has 18 heavy (non-hydrogen) atoms. The van der Waals surface area contributed by atoms with Gasteiger partial charge in [0.15, 0.2) is 0 Å². The summed E-state index contributed by atoms with van der Waals surface area (Å²) in [6, 6.07) is 12.8. The van der Waals surface area contributed by atoms with Gasteiger partial charge in [0.25, 0.3) is 0 Å². The zero-order chi connectivity index (χ0) is 12.4. The molecular weight excluding hydrogens is 224 g/mol. The minimum Gasteiger partial charge on any atom is -0.373 e. The monoisotopic (exact) mass is 242 g/mol. The van der Waals surface area contributed by atoms with Crippen LogP contribution in [0.3, 0.4) is 0 Å². The van der Waals surface area contributed by atoms with Crippen molar-refractivity contribution in [1.29, 1.82) is 5.26 Å². The molecule has 94 valence electrons. The third kappa shape index (κ3) is 2.27. The lowest BCUT2D eigenvalue weighted by atomic mass is 9.94. The molecule has 0 radical (unpaired) electrons. The highest BCUT2D eigenvalue weighted by atomic mass is 16.5. The number of fused-ring (bicyclic) bond motifs is 2. The van der Waals surface area contributed by atoms with Gasteiger partial charge in [-0.1, -0.05) is 30.3 Å². The molecule has 2 heterocycles. The minimum atomic E-state index is -0.0645. The molecule has 4 unspecified atom stereocenters. The van der Waals surface area contributed by atoms with Crippen LogP contribution in [0.1, 0.15) is 30.7 Å². The highest BCUT2D eigenvalue weighted by Gasteiger charge is 2.40. The Hall–Kier alpha value is -1.37. The van der Waals surface area contributed by atoms with Gasteiger partial charge in [0.05, 0.1) is 24.2 Å². The Morgan fingerprint density at radius 2 is 2.17 bits per heavy atom. The molecule has 3 nitrogen and oxygen atoms in total. The van der Waals surface area contributed by atoms with Crippen molar-refractivity contribution in [3.8, 4) is 6.07 Å². The van der Waals surface area contributed by atoms with Crippen LogP contribution < -0.4 is 5.32 Å². The fourth-order valence-corrected chi connectivity index (χ4v) is 3.05. The smallest absolute Gasteiger partial charge is 0.0837 e. The quantitative estimate of drug-likeness (QED) is 0.880. The molecule has 0 saturated carbocycles. The van der Waals surface area contributed by atoms with Crippen LogP contribution in [0.5, 0.6) is 0 Å². The molecular formula is C15H18N2O. The van der Waals surface area contributed by atoms with Crippen LogP contribution in [0.15, 0.2) is 30.3 Å². The molecule has 0 amide bonds. The van der Waals surface area contributed by atoms with Crippen LogP contribution in [0.2, 0.25) is 0 Å². The molecule has 1 aromatic carbocycles. The molecule has 0 spiro atoms. The molecule has 0 aliphatic carbocycles. The first kappa shape index (κ1) is 11.7. The maximum Gasteiger partial charge on any atom is 0.0837 e. The van der Waals surface area contributed by atoms with Crippen LogP contribution in [-0.4, -0.2) is 24.8 Å². The summed E-state index contributed by atoms with van der Waals surface area (Å²) in [5.74, 6) is -0.0645. The Kier molecular flexibility index (Phi) is 3.31. The van der Waals surface area contributed by atoms with E-state index < -0.39 is 0 Å². The number of hydrogen-bond acceptors (Lipinski definition) is 3. The second-order valence-corrected chi connectivity index (χ2v) is 5.22. The second-order valence-electron chi connectivity index (χ2n) is 5.22. The van der Waals surface area contributed by atoms with E-state index in [2.05, 4.69) is 11.4 Å².